The quantitative estimate of drug-likeness (QED) is 0.821. The minimum Gasteiger partial charge on any atom is -0.389 e. The Bertz CT molecular complexity index is 534. The number of likely N-dealkylation sites (N-methyl/N-ethyl adjacent to an activating group) is 1. The molecule has 132 valence electrons. The summed E-state index contributed by atoms with van der Waals surface area (Å²) in [6.45, 7) is 5.80. The first kappa shape index (κ1) is 16.5. The Morgan fingerprint density at radius 1 is 1.12 bits per heavy atom. The van der Waals surface area contributed by atoms with E-state index in [-0.39, 0.29) is 12.1 Å². The predicted molar refractivity (Wildman–Crippen MR) is 94.2 cm³/mol. The fourth-order valence-corrected chi connectivity index (χ4v) is 4.26. The fraction of sp³-hybridized carbons (Fsp3) is 0.684. The van der Waals surface area contributed by atoms with Crippen molar-refractivity contribution in [2.45, 2.75) is 37.1 Å². The van der Waals surface area contributed by atoms with Gasteiger partial charge in [0, 0.05) is 38.8 Å². The SMILES string of the molecule is CN1CCN(C[C@@H]2OC[C@H](NC3Cc4ccccc4C3)[C@H]2O)CC1. The Balaban J connectivity index is 1.28. The molecule has 1 aromatic rings. The van der Waals surface area contributed by atoms with Crippen molar-refractivity contribution in [1.29, 1.82) is 0 Å². The third-order valence-electron chi connectivity index (χ3n) is 5.82. The van der Waals surface area contributed by atoms with Gasteiger partial charge in [0.25, 0.3) is 0 Å². The molecule has 5 nitrogen and oxygen atoms in total. The lowest BCUT2D eigenvalue weighted by atomic mass is 10.1. The number of hydrogen-bond acceptors (Lipinski definition) is 5. The molecule has 4 rings (SSSR count). The molecule has 2 aliphatic heterocycles. The van der Waals surface area contributed by atoms with E-state index in [0.717, 1.165) is 45.6 Å². The van der Waals surface area contributed by atoms with Gasteiger partial charge in [0.05, 0.1) is 24.9 Å². The van der Waals surface area contributed by atoms with E-state index in [0.29, 0.717) is 12.6 Å². The van der Waals surface area contributed by atoms with Crippen LogP contribution in [0.15, 0.2) is 24.3 Å². The molecule has 0 unspecified atom stereocenters. The van der Waals surface area contributed by atoms with E-state index >= 15 is 0 Å². The molecule has 2 saturated heterocycles. The van der Waals surface area contributed by atoms with Crippen LogP contribution in [0.4, 0.5) is 0 Å². The molecule has 0 saturated carbocycles. The first-order chi connectivity index (χ1) is 11.7. The van der Waals surface area contributed by atoms with Crippen LogP contribution in [-0.2, 0) is 17.6 Å². The topological polar surface area (TPSA) is 48.0 Å². The Morgan fingerprint density at radius 3 is 2.46 bits per heavy atom. The van der Waals surface area contributed by atoms with E-state index in [9.17, 15) is 5.11 Å². The van der Waals surface area contributed by atoms with Gasteiger partial charge in [0.1, 0.15) is 0 Å². The highest BCUT2D eigenvalue weighted by Crippen LogP contribution is 2.24. The molecule has 2 heterocycles. The zero-order valence-electron chi connectivity index (χ0n) is 14.5. The van der Waals surface area contributed by atoms with Crippen LogP contribution in [0.25, 0.3) is 0 Å². The smallest absolute Gasteiger partial charge is 0.0989 e. The summed E-state index contributed by atoms with van der Waals surface area (Å²) in [7, 11) is 2.16. The van der Waals surface area contributed by atoms with Crippen LogP contribution in [0, 0.1) is 0 Å². The van der Waals surface area contributed by atoms with Crippen LogP contribution in [0.5, 0.6) is 0 Å². The van der Waals surface area contributed by atoms with Crippen LogP contribution in [-0.4, -0.2) is 85.6 Å². The van der Waals surface area contributed by atoms with E-state index in [2.05, 4.69) is 46.4 Å². The second kappa shape index (κ2) is 7.10. The lowest BCUT2D eigenvalue weighted by molar-refractivity contribution is 0.00585. The van der Waals surface area contributed by atoms with E-state index in [1.807, 2.05) is 0 Å². The number of piperazine rings is 1. The van der Waals surface area contributed by atoms with Gasteiger partial charge in [-0.25, -0.2) is 0 Å². The molecule has 0 amide bonds. The van der Waals surface area contributed by atoms with E-state index in [1.165, 1.54) is 11.1 Å². The summed E-state index contributed by atoms with van der Waals surface area (Å²) < 4.78 is 5.93. The maximum Gasteiger partial charge on any atom is 0.0989 e. The highest BCUT2D eigenvalue weighted by molar-refractivity contribution is 5.33. The van der Waals surface area contributed by atoms with Gasteiger partial charge in [-0.15, -0.1) is 0 Å². The molecule has 3 atom stereocenters. The van der Waals surface area contributed by atoms with E-state index in [1.54, 1.807) is 0 Å². The zero-order valence-corrected chi connectivity index (χ0v) is 14.5. The van der Waals surface area contributed by atoms with Gasteiger partial charge in [-0.3, -0.25) is 4.90 Å². The average Bonchev–Trinajstić information content (AvgIpc) is 3.15. The number of nitrogens with zero attached hydrogens (tertiary/aromatic N) is 2. The molecule has 0 aromatic heterocycles. The number of fused-ring (bicyclic) bond motifs is 1. The number of hydrogen-bond donors (Lipinski definition) is 2. The minimum absolute atomic E-state index is 0.0572. The molecular weight excluding hydrogens is 302 g/mol. The number of ether oxygens (including phenoxy) is 1. The summed E-state index contributed by atoms with van der Waals surface area (Å²) >= 11 is 0. The molecule has 1 aromatic carbocycles. The molecule has 24 heavy (non-hydrogen) atoms. The molecule has 1 aliphatic carbocycles. The average molecular weight is 331 g/mol. The predicted octanol–water partition coefficient (Wildman–Crippen LogP) is 0.119. The number of benzene rings is 1. The monoisotopic (exact) mass is 331 g/mol. The molecule has 0 radical (unpaired) electrons. The maximum absolute atomic E-state index is 10.7. The second-order valence-electron chi connectivity index (χ2n) is 7.61. The normalized spacial score (nSPS) is 32.3. The van der Waals surface area contributed by atoms with Crippen molar-refractivity contribution in [2.24, 2.45) is 0 Å². The molecule has 3 aliphatic rings. The van der Waals surface area contributed by atoms with Gasteiger partial charge in [-0.1, -0.05) is 24.3 Å². The second-order valence-corrected chi connectivity index (χ2v) is 7.61. The van der Waals surface area contributed by atoms with Crippen LogP contribution in [0.1, 0.15) is 11.1 Å². The molecule has 0 spiro atoms. The Hall–Kier alpha value is -0.980. The lowest BCUT2D eigenvalue weighted by Crippen LogP contribution is -2.51. The minimum atomic E-state index is -0.409. The standard InChI is InChI=1S/C19H29N3O2/c1-21-6-8-22(9-7-21)12-18-19(23)17(13-24-18)20-16-10-14-4-2-3-5-15(14)11-16/h2-5,16-20,23H,6-13H2,1H3/t17-,18-,19+/m0/s1. The van der Waals surface area contributed by atoms with Crippen LogP contribution >= 0.6 is 0 Å². The van der Waals surface area contributed by atoms with Gasteiger partial charge in [0.2, 0.25) is 0 Å². The van der Waals surface area contributed by atoms with Crippen molar-refractivity contribution < 1.29 is 9.84 Å². The molecule has 0 bridgehead atoms. The molecular formula is C19H29N3O2. The summed E-state index contributed by atoms with van der Waals surface area (Å²) in [6.07, 6.45) is 1.65. The number of nitrogens with one attached hydrogen (secondary N) is 1. The van der Waals surface area contributed by atoms with Gasteiger partial charge in [-0.05, 0) is 31.0 Å². The summed E-state index contributed by atoms with van der Waals surface area (Å²) in [5.74, 6) is 0. The Labute approximate surface area is 144 Å². The summed E-state index contributed by atoms with van der Waals surface area (Å²) in [5, 5.41) is 14.3. The third-order valence-corrected chi connectivity index (χ3v) is 5.82. The van der Waals surface area contributed by atoms with Gasteiger partial charge >= 0.3 is 0 Å². The van der Waals surface area contributed by atoms with Crippen molar-refractivity contribution in [1.82, 2.24) is 15.1 Å². The highest BCUT2D eigenvalue weighted by atomic mass is 16.5. The third kappa shape index (κ3) is 3.51. The van der Waals surface area contributed by atoms with Gasteiger partial charge in [-0.2, -0.15) is 0 Å². The van der Waals surface area contributed by atoms with Crippen LogP contribution in [0.2, 0.25) is 0 Å². The van der Waals surface area contributed by atoms with Gasteiger partial charge in [0.15, 0.2) is 0 Å². The Kier molecular flexibility index (Phi) is 4.88. The van der Waals surface area contributed by atoms with Gasteiger partial charge < -0.3 is 20.1 Å². The molecule has 2 N–H and O–H groups in total. The Morgan fingerprint density at radius 2 is 1.79 bits per heavy atom. The van der Waals surface area contributed by atoms with Crippen LogP contribution < -0.4 is 5.32 Å². The number of rotatable bonds is 4. The molecule has 5 heteroatoms. The largest absolute Gasteiger partial charge is 0.389 e. The molecule has 2 fully saturated rings. The van der Waals surface area contributed by atoms with Crippen molar-refractivity contribution in [3.63, 3.8) is 0 Å². The first-order valence-electron chi connectivity index (χ1n) is 9.22. The first-order valence-corrected chi connectivity index (χ1v) is 9.22. The lowest BCUT2D eigenvalue weighted by Gasteiger charge is -2.34. The highest BCUT2D eigenvalue weighted by Gasteiger charge is 2.38. The van der Waals surface area contributed by atoms with Crippen molar-refractivity contribution in [3.8, 4) is 0 Å². The van der Waals surface area contributed by atoms with Crippen molar-refractivity contribution >= 4 is 0 Å². The summed E-state index contributed by atoms with van der Waals surface area (Å²) in [4.78, 5) is 4.77. The van der Waals surface area contributed by atoms with Crippen LogP contribution in [0.3, 0.4) is 0 Å². The number of aliphatic hydroxyl groups excluding tert-OH is 1. The fourth-order valence-electron chi connectivity index (χ4n) is 4.26. The van der Waals surface area contributed by atoms with Crippen molar-refractivity contribution in [3.05, 3.63) is 35.4 Å². The van der Waals surface area contributed by atoms with E-state index in [4.69, 9.17) is 4.74 Å². The zero-order chi connectivity index (χ0) is 16.5. The number of aliphatic hydroxyl groups is 1. The van der Waals surface area contributed by atoms with Crippen molar-refractivity contribution in [2.75, 3.05) is 46.4 Å². The van der Waals surface area contributed by atoms with E-state index < -0.39 is 6.10 Å². The summed E-state index contributed by atoms with van der Waals surface area (Å²) in [5.41, 5.74) is 2.88. The maximum atomic E-state index is 10.7. The summed E-state index contributed by atoms with van der Waals surface area (Å²) in [6, 6.07) is 9.14.